The molecule has 2 aliphatic carbocycles. The van der Waals surface area contributed by atoms with Crippen molar-refractivity contribution in [3.63, 3.8) is 0 Å². The number of alkyl carbamates (subject to hydrolysis) is 1. The zero-order valence-electron chi connectivity index (χ0n) is 19.8. The van der Waals surface area contributed by atoms with Crippen molar-refractivity contribution >= 4 is 18.0 Å². The summed E-state index contributed by atoms with van der Waals surface area (Å²) in [7, 11) is 0. The van der Waals surface area contributed by atoms with Crippen LogP contribution in [0.25, 0.3) is 11.1 Å². The molecule has 0 spiro atoms. The molecule has 1 aliphatic heterocycles. The Morgan fingerprint density at radius 3 is 2.03 bits per heavy atom. The monoisotopic (exact) mass is 476 g/mol. The highest BCUT2D eigenvalue weighted by Crippen LogP contribution is 2.44. The quantitative estimate of drug-likeness (QED) is 0.617. The van der Waals surface area contributed by atoms with Crippen LogP contribution in [0.3, 0.4) is 0 Å². The van der Waals surface area contributed by atoms with Crippen LogP contribution in [0.4, 0.5) is 4.79 Å². The third-order valence-corrected chi connectivity index (χ3v) is 7.98. The number of ether oxygens (including phenoxy) is 1. The molecular weight excluding hydrogens is 444 g/mol. The van der Waals surface area contributed by atoms with Gasteiger partial charge in [-0.05, 0) is 46.9 Å². The summed E-state index contributed by atoms with van der Waals surface area (Å²) in [6.07, 6.45) is 4.52. The van der Waals surface area contributed by atoms with Gasteiger partial charge in [-0.15, -0.1) is 0 Å². The summed E-state index contributed by atoms with van der Waals surface area (Å²) < 4.78 is 5.55. The van der Waals surface area contributed by atoms with Gasteiger partial charge in [-0.25, -0.2) is 4.79 Å². The van der Waals surface area contributed by atoms with Crippen molar-refractivity contribution in [2.75, 3.05) is 19.7 Å². The fourth-order valence-electron chi connectivity index (χ4n) is 5.88. The maximum atomic E-state index is 13.1. The molecule has 5 rings (SSSR count). The topological polar surface area (TPSA) is 95.9 Å². The summed E-state index contributed by atoms with van der Waals surface area (Å²) in [5.74, 6) is -0.145. The summed E-state index contributed by atoms with van der Waals surface area (Å²) in [6.45, 7) is 1.34. The van der Waals surface area contributed by atoms with E-state index in [2.05, 4.69) is 17.4 Å². The van der Waals surface area contributed by atoms with Crippen molar-refractivity contribution in [2.24, 2.45) is 11.8 Å². The maximum Gasteiger partial charge on any atom is 0.407 e. The van der Waals surface area contributed by atoms with Crippen LogP contribution in [0.2, 0.25) is 0 Å². The maximum absolute atomic E-state index is 13.1. The van der Waals surface area contributed by atoms with E-state index in [0.29, 0.717) is 19.0 Å². The molecule has 0 bridgehead atoms. The van der Waals surface area contributed by atoms with Crippen LogP contribution in [0.15, 0.2) is 48.5 Å². The van der Waals surface area contributed by atoms with Gasteiger partial charge in [-0.1, -0.05) is 67.8 Å². The van der Waals surface area contributed by atoms with E-state index < -0.39 is 24.5 Å². The molecule has 1 saturated heterocycles. The molecule has 2 amide bonds. The van der Waals surface area contributed by atoms with Crippen LogP contribution < -0.4 is 5.32 Å². The number of amides is 2. The lowest BCUT2D eigenvalue weighted by atomic mass is 9.72. The summed E-state index contributed by atoms with van der Waals surface area (Å²) in [4.78, 5) is 38.9. The number of carbonyl (C=O) groups is 3. The van der Waals surface area contributed by atoms with Crippen LogP contribution in [0, 0.1) is 11.8 Å². The van der Waals surface area contributed by atoms with Crippen LogP contribution >= 0.6 is 0 Å². The van der Waals surface area contributed by atoms with Gasteiger partial charge in [0.15, 0.2) is 0 Å². The lowest BCUT2D eigenvalue weighted by Crippen LogP contribution is -2.52. The molecule has 35 heavy (non-hydrogen) atoms. The van der Waals surface area contributed by atoms with Gasteiger partial charge in [0.05, 0.1) is 6.42 Å². The first-order valence-electron chi connectivity index (χ1n) is 12.6. The molecule has 1 atom stereocenters. The molecule has 2 N–H and O–H groups in total. The van der Waals surface area contributed by atoms with E-state index >= 15 is 0 Å². The molecule has 3 aliphatic rings. The van der Waals surface area contributed by atoms with E-state index in [4.69, 9.17) is 4.74 Å². The van der Waals surface area contributed by atoms with Crippen LogP contribution in [-0.2, 0) is 14.3 Å². The minimum Gasteiger partial charge on any atom is -0.481 e. The molecule has 184 valence electrons. The van der Waals surface area contributed by atoms with E-state index in [1.54, 1.807) is 4.90 Å². The minimum atomic E-state index is -1.14. The third kappa shape index (κ3) is 4.90. The second-order valence-corrected chi connectivity index (χ2v) is 9.97. The Morgan fingerprint density at radius 2 is 1.49 bits per heavy atom. The fourth-order valence-corrected chi connectivity index (χ4v) is 5.88. The molecule has 0 aromatic heterocycles. The van der Waals surface area contributed by atoms with Gasteiger partial charge in [0, 0.05) is 19.0 Å². The summed E-state index contributed by atoms with van der Waals surface area (Å²) >= 11 is 0. The highest BCUT2D eigenvalue weighted by molar-refractivity contribution is 5.89. The molecule has 2 fully saturated rings. The second-order valence-electron chi connectivity index (χ2n) is 9.97. The molecule has 1 unspecified atom stereocenters. The normalized spacial score (nSPS) is 18.8. The van der Waals surface area contributed by atoms with E-state index in [1.807, 2.05) is 36.4 Å². The standard InChI is InChI=1S/C28H32N2O5/c31-26(32)16-25(27(33)30-14-12-19(13-15-30)18-6-5-7-18)29-28(34)35-17-24-22-10-3-1-8-20(22)21-9-2-4-11-23(21)24/h1-4,8-11,18-19,24-25H,5-7,12-17H2,(H,29,34)(H,31,32). The van der Waals surface area contributed by atoms with Gasteiger partial charge in [0.1, 0.15) is 12.6 Å². The van der Waals surface area contributed by atoms with E-state index in [9.17, 15) is 19.5 Å². The van der Waals surface area contributed by atoms with Gasteiger partial charge in [-0.2, -0.15) is 0 Å². The number of carbonyl (C=O) groups excluding carboxylic acids is 2. The molecule has 0 radical (unpaired) electrons. The lowest BCUT2D eigenvalue weighted by molar-refractivity contribution is -0.143. The number of rotatable bonds is 7. The smallest absolute Gasteiger partial charge is 0.407 e. The number of carboxylic acids is 1. The Bertz CT molecular complexity index is 1060. The summed E-state index contributed by atoms with van der Waals surface area (Å²) in [5.41, 5.74) is 4.44. The number of benzene rings is 2. The van der Waals surface area contributed by atoms with E-state index in [1.165, 1.54) is 19.3 Å². The number of nitrogens with zero attached hydrogens (tertiary/aromatic N) is 1. The second kappa shape index (κ2) is 10.1. The van der Waals surface area contributed by atoms with Crippen LogP contribution in [0.1, 0.15) is 55.6 Å². The molecule has 2 aromatic carbocycles. The lowest BCUT2D eigenvalue weighted by Gasteiger charge is -2.40. The Kier molecular flexibility index (Phi) is 6.75. The van der Waals surface area contributed by atoms with Crippen molar-refractivity contribution in [3.05, 3.63) is 59.7 Å². The Morgan fingerprint density at radius 1 is 0.914 bits per heavy atom. The molecule has 7 nitrogen and oxygen atoms in total. The van der Waals surface area contributed by atoms with Crippen LogP contribution in [-0.4, -0.2) is 53.7 Å². The number of carboxylic acid groups (broad SMARTS) is 1. The Labute approximate surface area is 205 Å². The summed E-state index contributed by atoms with van der Waals surface area (Å²) in [6, 6.07) is 15.0. The Hall–Kier alpha value is -3.35. The molecule has 7 heteroatoms. The number of aliphatic carboxylic acids is 1. The number of piperidine rings is 1. The largest absolute Gasteiger partial charge is 0.481 e. The molecule has 1 saturated carbocycles. The van der Waals surface area contributed by atoms with E-state index in [-0.39, 0.29) is 18.4 Å². The first-order chi connectivity index (χ1) is 17.0. The zero-order chi connectivity index (χ0) is 24.4. The van der Waals surface area contributed by atoms with Crippen molar-refractivity contribution in [1.82, 2.24) is 10.2 Å². The third-order valence-electron chi connectivity index (χ3n) is 7.98. The first kappa shape index (κ1) is 23.4. The van der Waals surface area contributed by atoms with E-state index in [0.717, 1.165) is 41.0 Å². The highest BCUT2D eigenvalue weighted by atomic mass is 16.5. The van der Waals surface area contributed by atoms with Gasteiger partial charge in [0.2, 0.25) is 5.91 Å². The van der Waals surface area contributed by atoms with Crippen molar-refractivity contribution in [3.8, 4) is 11.1 Å². The average molecular weight is 477 g/mol. The van der Waals surface area contributed by atoms with Crippen molar-refractivity contribution in [2.45, 2.75) is 50.5 Å². The number of fused-ring (bicyclic) bond motifs is 3. The Balaban J connectivity index is 1.20. The van der Waals surface area contributed by atoms with Gasteiger partial charge >= 0.3 is 12.1 Å². The molecular formula is C28H32N2O5. The number of hydrogen-bond acceptors (Lipinski definition) is 4. The average Bonchev–Trinajstić information content (AvgIpc) is 3.15. The molecule has 1 heterocycles. The predicted octanol–water partition coefficient (Wildman–Crippen LogP) is 4.41. The summed E-state index contributed by atoms with van der Waals surface area (Å²) in [5, 5.41) is 11.9. The number of likely N-dealkylation sites (tertiary alicyclic amines) is 1. The van der Waals surface area contributed by atoms with Crippen molar-refractivity contribution < 1.29 is 24.2 Å². The zero-order valence-corrected chi connectivity index (χ0v) is 19.8. The van der Waals surface area contributed by atoms with Gasteiger partial charge < -0.3 is 20.1 Å². The first-order valence-corrected chi connectivity index (χ1v) is 12.6. The van der Waals surface area contributed by atoms with Crippen LogP contribution in [0.5, 0.6) is 0 Å². The minimum absolute atomic E-state index is 0.104. The SMILES string of the molecule is O=C(O)CC(NC(=O)OCC1c2ccccc2-c2ccccc21)C(=O)N1CCC(C2CCC2)CC1. The van der Waals surface area contributed by atoms with Gasteiger partial charge in [0.25, 0.3) is 0 Å². The highest BCUT2D eigenvalue weighted by Gasteiger charge is 2.35. The number of nitrogens with one attached hydrogen (secondary N) is 1. The predicted molar refractivity (Wildman–Crippen MR) is 131 cm³/mol. The van der Waals surface area contributed by atoms with Gasteiger partial charge in [-0.3, -0.25) is 9.59 Å². The fraction of sp³-hybridized carbons (Fsp3) is 0.464. The van der Waals surface area contributed by atoms with Crippen molar-refractivity contribution in [1.29, 1.82) is 0 Å². The number of hydrogen-bond donors (Lipinski definition) is 2. The molecule has 2 aromatic rings.